The number of aliphatic carboxylic acids is 1. The molecule has 6 heteroatoms. The molecule has 1 heterocycles. The minimum atomic E-state index is -1.02. The maximum absolute atomic E-state index is 10.3. The van der Waals surface area contributed by atoms with Gasteiger partial charge in [-0.3, -0.25) is 0 Å². The van der Waals surface area contributed by atoms with E-state index in [1.165, 1.54) is 13.3 Å². The molecule has 1 rings (SSSR count). The second kappa shape index (κ2) is 3.82. The quantitative estimate of drug-likeness (QED) is 0.691. The third kappa shape index (κ3) is 2.31. The minimum absolute atomic E-state index is 0.0213. The highest BCUT2D eigenvalue weighted by atomic mass is 16.5. The maximum Gasteiger partial charge on any atom is 0.332 e. The first-order valence-electron chi connectivity index (χ1n) is 3.30. The molecule has 1 aromatic heterocycles. The lowest BCUT2D eigenvalue weighted by atomic mass is 10.4. The first-order chi connectivity index (χ1) is 5.70. The normalized spacial score (nSPS) is 12.8. The zero-order valence-electron chi connectivity index (χ0n) is 6.43. The molecule has 0 fully saturated rings. The van der Waals surface area contributed by atoms with Gasteiger partial charge in [0.2, 0.25) is 0 Å². The highest BCUT2D eigenvalue weighted by molar-refractivity contribution is 5.71. The van der Waals surface area contributed by atoms with Crippen molar-refractivity contribution < 1.29 is 19.2 Å². The fourth-order valence-corrected chi connectivity index (χ4v) is 0.527. The molecule has 6 nitrogen and oxygen atoms in total. The molecule has 1 N–H and O–H groups in total. The van der Waals surface area contributed by atoms with Crippen LogP contribution in [-0.4, -0.2) is 27.3 Å². The van der Waals surface area contributed by atoms with Crippen LogP contribution in [0.1, 0.15) is 12.8 Å². The largest absolute Gasteiger partial charge is 0.479 e. The summed E-state index contributed by atoms with van der Waals surface area (Å²) < 4.78 is 9.44. The Morgan fingerprint density at radius 3 is 3.17 bits per heavy atom. The minimum Gasteiger partial charge on any atom is -0.479 e. The number of carboxylic acid groups (broad SMARTS) is 1. The van der Waals surface area contributed by atoms with Crippen LogP contribution in [0.25, 0.3) is 0 Å². The van der Waals surface area contributed by atoms with Gasteiger partial charge in [-0.15, -0.1) is 0 Å². The van der Waals surface area contributed by atoms with Crippen molar-refractivity contribution in [3.63, 3.8) is 0 Å². The van der Waals surface area contributed by atoms with Crippen molar-refractivity contribution in [1.29, 1.82) is 0 Å². The molecule has 0 radical (unpaired) electrons. The third-order valence-corrected chi connectivity index (χ3v) is 1.21. The fourth-order valence-electron chi connectivity index (χ4n) is 0.527. The lowest BCUT2D eigenvalue weighted by Crippen LogP contribution is -2.19. The first-order valence-corrected chi connectivity index (χ1v) is 3.30. The smallest absolute Gasteiger partial charge is 0.332 e. The number of hydrogen-bond acceptors (Lipinski definition) is 5. The van der Waals surface area contributed by atoms with E-state index in [0.717, 1.165) is 0 Å². The molecule has 0 spiro atoms. The van der Waals surface area contributed by atoms with Crippen molar-refractivity contribution in [1.82, 2.24) is 10.1 Å². The van der Waals surface area contributed by atoms with E-state index in [1.54, 1.807) is 0 Å². The van der Waals surface area contributed by atoms with Crippen molar-refractivity contribution >= 4 is 5.97 Å². The van der Waals surface area contributed by atoms with Gasteiger partial charge in [-0.1, -0.05) is 5.16 Å². The van der Waals surface area contributed by atoms with E-state index >= 15 is 0 Å². The molecular formula is C6H8N2O4. The highest BCUT2D eigenvalue weighted by Gasteiger charge is 2.12. The molecule has 66 valence electrons. The number of ether oxygens (including phenoxy) is 1. The van der Waals surface area contributed by atoms with Crippen LogP contribution in [-0.2, 0) is 16.1 Å². The standard InChI is InChI=1S/C6H8N2O4/c1-4(6(9)10)11-2-5-7-3-8-12-5/h3-4H,2H2,1H3,(H,9,10)/t4-/m1/s1. The van der Waals surface area contributed by atoms with Gasteiger partial charge in [-0.25, -0.2) is 4.79 Å². The summed E-state index contributed by atoms with van der Waals surface area (Å²) in [4.78, 5) is 13.9. The second-order valence-electron chi connectivity index (χ2n) is 2.13. The van der Waals surface area contributed by atoms with Gasteiger partial charge in [0, 0.05) is 0 Å². The maximum atomic E-state index is 10.3. The number of nitrogens with zero attached hydrogens (tertiary/aromatic N) is 2. The lowest BCUT2D eigenvalue weighted by molar-refractivity contribution is -0.150. The van der Waals surface area contributed by atoms with Gasteiger partial charge in [-0.2, -0.15) is 4.98 Å². The van der Waals surface area contributed by atoms with Gasteiger partial charge in [0.15, 0.2) is 12.4 Å². The Bertz CT molecular complexity index is 246. The average Bonchev–Trinajstić information content (AvgIpc) is 2.51. The summed E-state index contributed by atoms with van der Waals surface area (Å²) in [5, 5.41) is 11.8. The number of hydrogen-bond donors (Lipinski definition) is 1. The van der Waals surface area contributed by atoms with Crippen LogP contribution in [0, 0.1) is 0 Å². The Morgan fingerprint density at radius 1 is 1.92 bits per heavy atom. The van der Waals surface area contributed by atoms with Crippen molar-refractivity contribution in [3.8, 4) is 0 Å². The van der Waals surface area contributed by atoms with Gasteiger partial charge in [0.1, 0.15) is 6.61 Å². The molecule has 0 aliphatic carbocycles. The summed E-state index contributed by atoms with van der Waals surface area (Å²) in [6, 6.07) is 0. The summed E-state index contributed by atoms with van der Waals surface area (Å²) in [6.07, 6.45) is 0.362. The number of carbonyl (C=O) groups is 1. The van der Waals surface area contributed by atoms with Gasteiger partial charge >= 0.3 is 5.97 Å². The Morgan fingerprint density at radius 2 is 2.67 bits per heavy atom. The lowest BCUT2D eigenvalue weighted by Gasteiger charge is -2.04. The van der Waals surface area contributed by atoms with Gasteiger partial charge < -0.3 is 14.4 Å². The Kier molecular flexibility index (Phi) is 2.76. The summed E-state index contributed by atoms with van der Waals surface area (Å²) in [7, 11) is 0. The number of rotatable bonds is 4. The van der Waals surface area contributed by atoms with Crippen LogP contribution < -0.4 is 0 Å². The van der Waals surface area contributed by atoms with Gasteiger partial charge in [-0.05, 0) is 6.92 Å². The highest BCUT2D eigenvalue weighted by Crippen LogP contribution is 1.98. The topological polar surface area (TPSA) is 85.5 Å². The molecule has 0 unspecified atom stereocenters. The number of aromatic nitrogens is 2. The van der Waals surface area contributed by atoms with Crippen molar-refractivity contribution in [2.45, 2.75) is 19.6 Å². The zero-order chi connectivity index (χ0) is 8.97. The van der Waals surface area contributed by atoms with E-state index in [-0.39, 0.29) is 12.5 Å². The summed E-state index contributed by atoms with van der Waals surface area (Å²) >= 11 is 0. The Labute approximate surface area is 68.1 Å². The van der Waals surface area contributed by atoms with E-state index in [4.69, 9.17) is 9.84 Å². The molecule has 0 aliphatic heterocycles. The van der Waals surface area contributed by atoms with Crippen molar-refractivity contribution in [2.24, 2.45) is 0 Å². The fraction of sp³-hybridized carbons (Fsp3) is 0.500. The van der Waals surface area contributed by atoms with Crippen LogP contribution in [0.4, 0.5) is 0 Å². The molecule has 1 atom stereocenters. The van der Waals surface area contributed by atoms with Gasteiger partial charge in [0.05, 0.1) is 0 Å². The van der Waals surface area contributed by atoms with E-state index < -0.39 is 12.1 Å². The van der Waals surface area contributed by atoms with Crippen molar-refractivity contribution in [3.05, 3.63) is 12.2 Å². The number of carboxylic acids is 1. The summed E-state index contributed by atoms with van der Waals surface area (Å²) in [5.74, 6) is -0.752. The van der Waals surface area contributed by atoms with E-state index in [2.05, 4.69) is 14.7 Å². The van der Waals surface area contributed by atoms with Crippen LogP contribution in [0.15, 0.2) is 10.9 Å². The van der Waals surface area contributed by atoms with Gasteiger partial charge in [0.25, 0.3) is 5.89 Å². The monoisotopic (exact) mass is 172 g/mol. The predicted molar refractivity (Wildman–Crippen MR) is 36.2 cm³/mol. The van der Waals surface area contributed by atoms with Crippen LogP contribution in [0.5, 0.6) is 0 Å². The third-order valence-electron chi connectivity index (χ3n) is 1.21. The average molecular weight is 172 g/mol. The van der Waals surface area contributed by atoms with Crippen molar-refractivity contribution in [2.75, 3.05) is 0 Å². The Balaban J connectivity index is 2.31. The van der Waals surface area contributed by atoms with Crippen LogP contribution >= 0.6 is 0 Å². The van der Waals surface area contributed by atoms with Crippen LogP contribution in [0.3, 0.4) is 0 Å². The molecule has 0 saturated heterocycles. The van der Waals surface area contributed by atoms with Crippen LogP contribution in [0.2, 0.25) is 0 Å². The molecule has 0 aliphatic rings. The Hall–Kier alpha value is -1.43. The SMILES string of the molecule is C[C@@H](OCc1ncno1)C(=O)O. The molecular weight excluding hydrogens is 164 g/mol. The van der Waals surface area contributed by atoms with E-state index in [0.29, 0.717) is 0 Å². The zero-order valence-corrected chi connectivity index (χ0v) is 6.43. The first kappa shape index (κ1) is 8.66. The van der Waals surface area contributed by atoms with E-state index in [9.17, 15) is 4.79 Å². The summed E-state index contributed by atoms with van der Waals surface area (Å²) in [6.45, 7) is 1.45. The molecule has 0 amide bonds. The molecule has 0 bridgehead atoms. The second-order valence-corrected chi connectivity index (χ2v) is 2.13. The predicted octanol–water partition coefficient (Wildman–Crippen LogP) is 0.0593. The molecule has 0 aromatic carbocycles. The summed E-state index contributed by atoms with van der Waals surface area (Å²) in [5.41, 5.74) is 0. The molecule has 1 aromatic rings. The van der Waals surface area contributed by atoms with E-state index in [1.807, 2.05) is 0 Å². The molecule has 0 saturated carbocycles. The molecule has 12 heavy (non-hydrogen) atoms.